The van der Waals surface area contributed by atoms with Gasteiger partial charge in [-0.15, -0.1) is 0 Å². The van der Waals surface area contributed by atoms with E-state index >= 15 is 0 Å². The van der Waals surface area contributed by atoms with Gasteiger partial charge < -0.3 is 5.32 Å². The van der Waals surface area contributed by atoms with Gasteiger partial charge in [-0.2, -0.15) is 0 Å². The number of amides is 1. The van der Waals surface area contributed by atoms with E-state index in [0.29, 0.717) is 11.3 Å². The summed E-state index contributed by atoms with van der Waals surface area (Å²) in [6.07, 6.45) is 4.24. The molecule has 0 spiro atoms. The number of rotatable bonds is 2. The van der Waals surface area contributed by atoms with Crippen LogP contribution in [-0.4, -0.2) is 15.9 Å². The third-order valence-electron chi connectivity index (χ3n) is 2.25. The molecule has 0 bridgehead atoms. The van der Waals surface area contributed by atoms with E-state index in [0.717, 1.165) is 0 Å². The average molecular weight is 231 g/mol. The highest BCUT2D eigenvalue weighted by atomic mass is 19.1. The standard InChI is InChI=1S/C12H10FN3O/c1-8-3-2-4-10(11(8)13)12(17)16-9-5-14-7-15-6-9/h2-7H,1H3,(H,16,17). The van der Waals surface area contributed by atoms with Gasteiger partial charge in [0.15, 0.2) is 0 Å². The Morgan fingerprint density at radius 1 is 1.29 bits per heavy atom. The van der Waals surface area contributed by atoms with E-state index in [1.54, 1.807) is 19.1 Å². The molecule has 1 heterocycles. The fraction of sp³-hybridized carbons (Fsp3) is 0.0833. The Hall–Kier alpha value is -2.30. The van der Waals surface area contributed by atoms with Gasteiger partial charge in [0.25, 0.3) is 5.91 Å². The van der Waals surface area contributed by atoms with E-state index in [9.17, 15) is 9.18 Å². The Kier molecular flexibility index (Phi) is 3.09. The summed E-state index contributed by atoms with van der Waals surface area (Å²) in [5.74, 6) is -1.03. The highest BCUT2D eigenvalue weighted by Gasteiger charge is 2.13. The first kappa shape index (κ1) is 11.2. The molecule has 17 heavy (non-hydrogen) atoms. The Morgan fingerprint density at radius 2 is 2.00 bits per heavy atom. The van der Waals surface area contributed by atoms with E-state index in [-0.39, 0.29) is 5.56 Å². The molecule has 0 aliphatic heterocycles. The van der Waals surface area contributed by atoms with Crippen molar-refractivity contribution in [2.75, 3.05) is 5.32 Å². The number of carbonyl (C=O) groups excluding carboxylic acids is 1. The van der Waals surface area contributed by atoms with Crippen molar-refractivity contribution in [3.8, 4) is 0 Å². The minimum absolute atomic E-state index is 0.00820. The number of carbonyl (C=O) groups is 1. The van der Waals surface area contributed by atoms with Crippen molar-refractivity contribution in [1.29, 1.82) is 0 Å². The van der Waals surface area contributed by atoms with Crippen LogP contribution in [0.4, 0.5) is 10.1 Å². The van der Waals surface area contributed by atoms with Crippen molar-refractivity contribution in [2.45, 2.75) is 6.92 Å². The molecule has 1 N–H and O–H groups in total. The normalized spacial score (nSPS) is 10.0. The van der Waals surface area contributed by atoms with Gasteiger partial charge in [0.2, 0.25) is 0 Å². The maximum atomic E-state index is 13.7. The molecule has 5 heteroatoms. The molecule has 0 saturated heterocycles. The van der Waals surface area contributed by atoms with Gasteiger partial charge in [0, 0.05) is 0 Å². The first-order chi connectivity index (χ1) is 8.18. The molecule has 0 fully saturated rings. The fourth-order valence-electron chi connectivity index (χ4n) is 1.38. The SMILES string of the molecule is Cc1cccc(C(=O)Nc2cncnc2)c1F. The third kappa shape index (κ3) is 2.44. The lowest BCUT2D eigenvalue weighted by Gasteiger charge is -2.06. The number of nitrogens with zero attached hydrogens (tertiary/aromatic N) is 2. The lowest BCUT2D eigenvalue weighted by Crippen LogP contribution is -2.14. The summed E-state index contributed by atoms with van der Waals surface area (Å²) in [5, 5.41) is 2.52. The smallest absolute Gasteiger partial charge is 0.258 e. The molecule has 1 aromatic carbocycles. The molecule has 2 aromatic rings. The second-order valence-electron chi connectivity index (χ2n) is 3.52. The Bertz CT molecular complexity index is 543. The number of halogens is 1. The van der Waals surface area contributed by atoms with Gasteiger partial charge in [-0.3, -0.25) is 4.79 Å². The lowest BCUT2D eigenvalue weighted by atomic mass is 10.1. The molecular weight excluding hydrogens is 221 g/mol. The summed E-state index contributed by atoms with van der Waals surface area (Å²) in [7, 11) is 0. The quantitative estimate of drug-likeness (QED) is 0.861. The molecule has 4 nitrogen and oxygen atoms in total. The zero-order valence-corrected chi connectivity index (χ0v) is 9.14. The van der Waals surface area contributed by atoms with Gasteiger partial charge in [0.05, 0.1) is 23.6 Å². The molecule has 1 aromatic heterocycles. The summed E-state index contributed by atoms with van der Waals surface area (Å²) >= 11 is 0. The summed E-state index contributed by atoms with van der Waals surface area (Å²) < 4.78 is 13.7. The second-order valence-corrected chi connectivity index (χ2v) is 3.52. The summed E-state index contributed by atoms with van der Waals surface area (Å²) in [4.78, 5) is 19.3. The lowest BCUT2D eigenvalue weighted by molar-refractivity contribution is 0.102. The van der Waals surface area contributed by atoms with Crippen molar-refractivity contribution in [2.24, 2.45) is 0 Å². The van der Waals surface area contributed by atoms with Crippen molar-refractivity contribution in [3.63, 3.8) is 0 Å². The molecule has 0 atom stereocenters. The van der Waals surface area contributed by atoms with Crippen LogP contribution in [0.25, 0.3) is 0 Å². The monoisotopic (exact) mass is 231 g/mol. The zero-order chi connectivity index (χ0) is 12.3. The van der Waals surface area contributed by atoms with E-state index < -0.39 is 11.7 Å². The van der Waals surface area contributed by atoms with Crippen molar-refractivity contribution in [1.82, 2.24) is 9.97 Å². The number of hydrogen-bond acceptors (Lipinski definition) is 3. The van der Waals surface area contributed by atoms with E-state index in [1.807, 2.05) is 0 Å². The Morgan fingerprint density at radius 3 is 2.71 bits per heavy atom. The summed E-state index contributed by atoms with van der Waals surface area (Å²) in [5.41, 5.74) is 0.870. The molecular formula is C12H10FN3O. The predicted molar refractivity (Wildman–Crippen MR) is 61.1 cm³/mol. The summed E-state index contributed by atoms with van der Waals surface area (Å²) in [6, 6.07) is 4.67. The number of anilines is 1. The molecule has 0 radical (unpaired) electrons. The van der Waals surface area contributed by atoms with Crippen molar-refractivity contribution in [3.05, 3.63) is 53.9 Å². The first-order valence-corrected chi connectivity index (χ1v) is 5.00. The molecule has 2 rings (SSSR count). The average Bonchev–Trinajstić information content (AvgIpc) is 2.34. The minimum atomic E-state index is -0.513. The second kappa shape index (κ2) is 4.69. The van der Waals surface area contributed by atoms with Crippen LogP contribution in [0.3, 0.4) is 0 Å². The van der Waals surface area contributed by atoms with Crippen LogP contribution in [0, 0.1) is 12.7 Å². The number of hydrogen-bond donors (Lipinski definition) is 1. The largest absolute Gasteiger partial charge is 0.319 e. The minimum Gasteiger partial charge on any atom is -0.319 e. The van der Waals surface area contributed by atoms with Crippen molar-refractivity contribution >= 4 is 11.6 Å². The number of aromatic nitrogens is 2. The van der Waals surface area contributed by atoms with Crippen LogP contribution in [0.2, 0.25) is 0 Å². The molecule has 0 unspecified atom stereocenters. The Labute approximate surface area is 97.5 Å². The third-order valence-corrected chi connectivity index (χ3v) is 2.25. The van der Waals surface area contributed by atoms with E-state index in [4.69, 9.17) is 0 Å². The van der Waals surface area contributed by atoms with Gasteiger partial charge in [0.1, 0.15) is 12.1 Å². The summed E-state index contributed by atoms with van der Waals surface area (Å²) in [6.45, 7) is 1.61. The van der Waals surface area contributed by atoms with Gasteiger partial charge in [-0.05, 0) is 18.6 Å². The van der Waals surface area contributed by atoms with Gasteiger partial charge >= 0.3 is 0 Å². The number of benzene rings is 1. The molecule has 1 amide bonds. The highest BCUT2D eigenvalue weighted by Crippen LogP contribution is 2.13. The fourth-order valence-corrected chi connectivity index (χ4v) is 1.38. The van der Waals surface area contributed by atoms with Gasteiger partial charge in [-0.1, -0.05) is 12.1 Å². The van der Waals surface area contributed by atoms with Crippen LogP contribution in [0.1, 0.15) is 15.9 Å². The Balaban J connectivity index is 2.24. The maximum Gasteiger partial charge on any atom is 0.258 e. The van der Waals surface area contributed by atoms with Crippen LogP contribution in [0.5, 0.6) is 0 Å². The van der Waals surface area contributed by atoms with Crippen LogP contribution < -0.4 is 5.32 Å². The zero-order valence-electron chi connectivity index (χ0n) is 9.14. The molecule has 86 valence electrons. The van der Waals surface area contributed by atoms with Crippen LogP contribution in [0.15, 0.2) is 36.9 Å². The first-order valence-electron chi connectivity index (χ1n) is 5.00. The molecule has 0 aliphatic rings. The molecule has 0 saturated carbocycles. The predicted octanol–water partition coefficient (Wildman–Crippen LogP) is 2.18. The molecule has 0 aliphatic carbocycles. The highest BCUT2D eigenvalue weighted by molar-refractivity contribution is 6.04. The van der Waals surface area contributed by atoms with Crippen LogP contribution in [-0.2, 0) is 0 Å². The van der Waals surface area contributed by atoms with E-state index in [1.165, 1.54) is 24.8 Å². The maximum absolute atomic E-state index is 13.7. The van der Waals surface area contributed by atoms with Gasteiger partial charge in [-0.25, -0.2) is 14.4 Å². The van der Waals surface area contributed by atoms with Crippen LogP contribution >= 0.6 is 0 Å². The number of aryl methyl sites for hydroxylation is 1. The van der Waals surface area contributed by atoms with E-state index in [2.05, 4.69) is 15.3 Å². The number of nitrogens with one attached hydrogen (secondary N) is 1. The topological polar surface area (TPSA) is 54.9 Å². The van der Waals surface area contributed by atoms with Crippen molar-refractivity contribution < 1.29 is 9.18 Å².